The first kappa shape index (κ1) is 21.5. The van der Waals surface area contributed by atoms with E-state index in [0.717, 1.165) is 23.9 Å². The molecule has 0 amide bonds. The number of aromatic nitrogens is 2. The molecule has 1 N–H and O–H groups in total. The molecule has 0 spiro atoms. The third kappa shape index (κ3) is 4.23. The highest BCUT2D eigenvalue weighted by Gasteiger charge is 2.41. The van der Waals surface area contributed by atoms with E-state index in [1.54, 1.807) is 0 Å². The Balaban J connectivity index is 1.81. The average molecular weight is 434 g/mol. The number of aryl methyl sites for hydroxylation is 2. The lowest BCUT2D eigenvalue weighted by atomic mass is 9.96. The van der Waals surface area contributed by atoms with Gasteiger partial charge in [0, 0.05) is 36.4 Å². The highest BCUT2D eigenvalue weighted by Crippen LogP contribution is 2.41. The fourth-order valence-corrected chi connectivity index (χ4v) is 4.88. The zero-order valence-corrected chi connectivity index (χ0v) is 19.8. The molecule has 0 bridgehead atoms. The van der Waals surface area contributed by atoms with Crippen LogP contribution in [0.4, 0.5) is 0 Å². The second-order valence-electron chi connectivity index (χ2n) is 8.62. The van der Waals surface area contributed by atoms with Crippen molar-refractivity contribution < 1.29 is 0 Å². The van der Waals surface area contributed by atoms with E-state index in [4.69, 9.17) is 12.2 Å². The van der Waals surface area contributed by atoms with Crippen LogP contribution in [0.5, 0.6) is 0 Å². The van der Waals surface area contributed by atoms with E-state index in [0.29, 0.717) is 0 Å². The van der Waals surface area contributed by atoms with Gasteiger partial charge in [-0.25, -0.2) is 0 Å². The van der Waals surface area contributed by atoms with Crippen LogP contribution in [0.2, 0.25) is 0 Å². The molecular formula is C25H31N5S. The predicted octanol–water partition coefficient (Wildman–Crippen LogP) is 4.33. The second-order valence-corrected chi connectivity index (χ2v) is 9.01. The lowest BCUT2D eigenvalue weighted by molar-refractivity contribution is 0.277. The Kier molecular flexibility index (Phi) is 6.12. The van der Waals surface area contributed by atoms with Crippen molar-refractivity contribution in [3.05, 3.63) is 82.9 Å². The van der Waals surface area contributed by atoms with Crippen molar-refractivity contribution in [3.63, 3.8) is 0 Å². The number of hydrogen-bond donors (Lipinski definition) is 1. The lowest BCUT2D eigenvalue weighted by Gasteiger charge is -2.29. The summed E-state index contributed by atoms with van der Waals surface area (Å²) in [5, 5.41) is 4.36. The SMILES string of the molecule is Cc1cccc(-n2c(C)cc([C@H]3[C@@H](c4ccccn4)NC(=S)N3CCN(C)C)c2C)c1. The highest BCUT2D eigenvalue weighted by atomic mass is 32.1. The Bertz CT molecular complexity index is 1070. The van der Waals surface area contributed by atoms with Crippen molar-refractivity contribution in [1.82, 2.24) is 24.7 Å². The Hall–Kier alpha value is -2.70. The first-order valence-electron chi connectivity index (χ1n) is 10.8. The topological polar surface area (TPSA) is 36.3 Å². The van der Waals surface area contributed by atoms with Crippen LogP contribution in [-0.2, 0) is 0 Å². The molecule has 3 heterocycles. The number of benzene rings is 1. The molecule has 1 saturated heterocycles. The molecule has 2 aromatic heterocycles. The summed E-state index contributed by atoms with van der Waals surface area (Å²) in [5.74, 6) is 0. The molecule has 1 aliphatic heterocycles. The first-order chi connectivity index (χ1) is 14.9. The van der Waals surface area contributed by atoms with Crippen molar-refractivity contribution >= 4 is 17.3 Å². The molecule has 1 aliphatic rings. The smallest absolute Gasteiger partial charge is 0.170 e. The first-order valence-corrected chi connectivity index (χ1v) is 11.2. The van der Waals surface area contributed by atoms with E-state index in [-0.39, 0.29) is 12.1 Å². The Morgan fingerprint density at radius 2 is 1.87 bits per heavy atom. The van der Waals surface area contributed by atoms with E-state index in [1.165, 1.54) is 28.2 Å². The number of likely N-dealkylation sites (N-methyl/N-ethyl adjacent to an activating group) is 1. The molecule has 0 unspecified atom stereocenters. The maximum Gasteiger partial charge on any atom is 0.170 e. The number of nitrogens with one attached hydrogen (secondary N) is 1. The van der Waals surface area contributed by atoms with Gasteiger partial charge in [0.15, 0.2) is 5.11 Å². The molecule has 0 saturated carbocycles. The van der Waals surface area contributed by atoms with Gasteiger partial charge in [0.05, 0.1) is 17.8 Å². The van der Waals surface area contributed by atoms with E-state index in [1.807, 2.05) is 18.3 Å². The number of thiocarbonyl (C=S) groups is 1. The van der Waals surface area contributed by atoms with Crippen LogP contribution in [0.1, 0.15) is 40.3 Å². The summed E-state index contributed by atoms with van der Waals surface area (Å²) in [6.45, 7) is 8.33. The number of hydrogen-bond acceptors (Lipinski definition) is 3. The lowest BCUT2D eigenvalue weighted by Crippen LogP contribution is -2.35. The van der Waals surface area contributed by atoms with Gasteiger partial charge in [-0.1, -0.05) is 18.2 Å². The molecule has 1 aromatic carbocycles. The molecule has 5 nitrogen and oxygen atoms in total. The summed E-state index contributed by atoms with van der Waals surface area (Å²) >= 11 is 5.80. The molecule has 2 atom stereocenters. The van der Waals surface area contributed by atoms with Gasteiger partial charge in [0.25, 0.3) is 0 Å². The summed E-state index contributed by atoms with van der Waals surface area (Å²) in [6, 6.07) is 17.2. The third-order valence-electron chi connectivity index (χ3n) is 6.03. The van der Waals surface area contributed by atoms with Crippen molar-refractivity contribution in [3.8, 4) is 5.69 Å². The van der Waals surface area contributed by atoms with E-state index >= 15 is 0 Å². The molecule has 31 heavy (non-hydrogen) atoms. The van der Waals surface area contributed by atoms with Gasteiger partial charge >= 0.3 is 0 Å². The number of rotatable bonds is 6. The summed E-state index contributed by atoms with van der Waals surface area (Å²) in [7, 11) is 4.20. The van der Waals surface area contributed by atoms with E-state index < -0.39 is 0 Å². The van der Waals surface area contributed by atoms with Gasteiger partial charge in [0.1, 0.15) is 0 Å². The van der Waals surface area contributed by atoms with E-state index in [9.17, 15) is 0 Å². The molecule has 3 aromatic rings. The van der Waals surface area contributed by atoms with Crippen molar-refractivity contribution in [2.45, 2.75) is 32.9 Å². The van der Waals surface area contributed by atoms with Crippen LogP contribution in [0.3, 0.4) is 0 Å². The van der Waals surface area contributed by atoms with Gasteiger partial charge in [0.2, 0.25) is 0 Å². The van der Waals surface area contributed by atoms with Crippen LogP contribution in [-0.4, -0.2) is 51.6 Å². The van der Waals surface area contributed by atoms with Crippen LogP contribution in [0, 0.1) is 20.8 Å². The van der Waals surface area contributed by atoms with Gasteiger partial charge < -0.3 is 19.7 Å². The van der Waals surface area contributed by atoms with E-state index in [2.05, 4.69) is 95.9 Å². The predicted molar refractivity (Wildman–Crippen MR) is 131 cm³/mol. The average Bonchev–Trinajstić information content (AvgIpc) is 3.22. The molecule has 162 valence electrons. The Morgan fingerprint density at radius 3 is 2.55 bits per heavy atom. The number of pyridine rings is 1. The Labute approximate surface area is 190 Å². The summed E-state index contributed by atoms with van der Waals surface area (Å²) in [6.07, 6.45) is 1.86. The van der Waals surface area contributed by atoms with Crippen LogP contribution in [0.15, 0.2) is 54.7 Å². The van der Waals surface area contributed by atoms with Crippen LogP contribution in [0.25, 0.3) is 5.69 Å². The highest BCUT2D eigenvalue weighted by molar-refractivity contribution is 7.80. The van der Waals surface area contributed by atoms with Gasteiger partial charge in [-0.15, -0.1) is 0 Å². The standard InChI is InChI=1S/C25H31N5S/c1-17-9-8-10-20(15-17)30-18(2)16-21(19(30)3)24-23(22-11-6-7-12-26-22)27-25(31)29(24)14-13-28(4)5/h6-12,15-16,23-24H,13-14H2,1-5H3,(H,27,31)/t23-,24+/m1/s1. The number of nitrogens with zero attached hydrogens (tertiary/aromatic N) is 4. The summed E-state index contributed by atoms with van der Waals surface area (Å²) in [4.78, 5) is 9.19. The minimum Gasteiger partial charge on any atom is -0.352 e. The molecular weight excluding hydrogens is 402 g/mol. The quantitative estimate of drug-likeness (QED) is 0.586. The van der Waals surface area contributed by atoms with Gasteiger partial charge in [-0.05, 0) is 88.5 Å². The molecule has 4 rings (SSSR count). The summed E-state index contributed by atoms with van der Waals surface area (Å²) in [5.41, 5.74) is 7.24. The zero-order chi connectivity index (χ0) is 22.1. The Morgan fingerprint density at radius 1 is 1.06 bits per heavy atom. The van der Waals surface area contributed by atoms with Crippen LogP contribution < -0.4 is 5.32 Å². The monoisotopic (exact) mass is 433 g/mol. The second kappa shape index (κ2) is 8.81. The molecule has 1 fully saturated rings. The van der Waals surface area contributed by atoms with Crippen molar-refractivity contribution in [2.75, 3.05) is 27.2 Å². The maximum atomic E-state index is 5.80. The van der Waals surface area contributed by atoms with Gasteiger partial charge in [-0.2, -0.15) is 0 Å². The zero-order valence-electron chi connectivity index (χ0n) is 19.0. The normalized spacial score (nSPS) is 18.6. The minimum absolute atomic E-state index is 0.0160. The fourth-order valence-electron chi connectivity index (χ4n) is 4.54. The van der Waals surface area contributed by atoms with Crippen molar-refractivity contribution in [2.24, 2.45) is 0 Å². The van der Waals surface area contributed by atoms with Gasteiger partial charge in [-0.3, -0.25) is 4.98 Å². The third-order valence-corrected chi connectivity index (χ3v) is 6.39. The fraction of sp³-hybridized carbons (Fsp3) is 0.360. The maximum absolute atomic E-state index is 5.80. The minimum atomic E-state index is 0.0160. The van der Waals surface area contributed by atoms with Crippen LogP contribution >= 0.6 is 12.2 Å². The molecule has 6 heteroatoms. The largest absolute Gasteiger partial charge is 0.352 e. The summed E-state index contributed by atoms with van der Waals surface area (Å²) < 4.78 is 2.35. The molecule has 0 radical (unpaired) electrons. The van der Waals surface area contributed by atoms with Crippen molar-refractivity contribution in [1.29, 1.82) is 0 Å². The molecule has 0 aliphatic carbocycles.